The highest BCUT2D eigenvalue weighted by Gasteiger charge is 2.13. The van der Waals surface area contributed by atoms with Gasteiger partial charge >= 0.3 is 5.97 Å². The van der Waals surface area contributed by atoms with Crippen LogP contribution in [0.2, 0.25) is 0 Å². The molecule has 0 aliphatic heterocycles. The number of pyridine rings is 1. The SMILES string of the molecule is CCCCC/C=C\C/C=C\CCCCCCCC(=O)N(C)c1ccc(C(=O)OCC)cn1. The van der Waals surface area contributed by atoms with Crippen LogP contribution in [0.25, 0.3) is 0 Å². The Kier molecular flexibility index (Phi) is 15.7. The number of hydrogen-bond acceptors (Lipinski definition) is 4. The summed E-state index contributed by atoms with van der Waals surface area (Å²) in [5.74, 6) is 0.198. The molecule has 32 heavy (non-hydrogen) atoms. The lowest BCUT2D eigenvalue weighted by molar-refractivity contribution is -0.118. The van der Waals surface area contributed by atoms with Gasteiger partial charge in [-0.2, -0.15) is 0 Å². The molecule has 1 aromatic heterocycles. The van der Waals surface area contributed by atoms with Crippen LogP contribution in [0.15, 0.2) is 42.6 Å². The molecule has 1 rings (SSSR count). The molecule has 5 heteroatoms. The molecule has 0 saturated carbocycles. The number of allylic oxidation sites excluding steroid dienone is 4. The fraction of sp³-hybridized carbons (Fsp3) is 0.593. The minimum atomic E-state index is -0.398. The second kappa shape index (κ2) is 18.2. The summed E-state index contributed by atoms with van der Waals surface area (Å²) in [6.07, 6.45) is 23.9. The normalized spacial score (nSPS) is 11.3. The minimum absolute atomic E-state index is 0.0482. The molecular formula is C27H42N2O3. The standard InChI is InChI=1S/C27H42N2O3/c1-4-6-7-8-9-10-11-12-13-14-15-16-17-18-19-20-26(30)29(3)25-22-21-24(23-28-25)27(31)32-5-2/h9-10,12-13,21-23H,4-8,11,14-20H2,1-3H3/b10-9-,13-12-. The van der Waals surface area contributed by atoms with Gasteiger partial charge in [0.05, 0.1) is 12.2 Å². The molecule has 1 aromatic rings. The van der Waals surface area contributed by atoms with Crippen molar-refractivity contribution in [2.24, 2.45) is 0 Å². The Morgan fingerprint density at radius 3 is 2.19 bits per heavy atom. The van der Waals surface area contributed by atoms with Gasteiger partial charge in [-0.25, -0.2) is 9.78 Å². The number of carbonyl (C=O) groups is 2. The van der Waals surface area contributed by atoms with E-state index in [1.165, 1.54) is 44.7 Å². The zero-order valence-corrected chi connectivity index (χ0v) is 20.4. The summed E-state index contributed by atoms with van der Waals surface area (Å²) >= 11 is 0. The van der Waals surface area contributed by atoms with E-state index in [0.29, 0.717) is 24.4 Å². The predicted octanol–water partition coefficient (Wildman–Crippen LogP) is 7.03. The van der Waals surface area contributed by atoms with Crippen LogP contribution in [0.5, 0.6) is 0 Å². The first-order chi connectivity index (χ1) is 15.6. The topological polar surface area (TPSA) is 59.5 Å². The Bertz CT molecular complexity index is 695. The van der Waals surface area contributed by atoms with E-state index >= 15 is 0 Å². The lowest BCUT2D eigenvalue weighted by Gasteiger charge is -2.16. The summed E-state index contributed by atoms with van der Waals surface area (Å²) in [7, 11) is 1.72. The number of unbranched alkanes of at least 4 members (excludes halogenated alkanes) is 8. The lowest BCUT2D eigenvalue weighted by Crippen LogP contribution is -2.26. The number of esters is 1. The van der Waals surface area contributed by atoms with Crippen LogP contribution in [0.3, 0.4) is 0 Å². The third-order valence-electron chi connectivity index (χ3n) is 5.32. The number of aromatic nitrogens is 1. The molecule has 0 atom stereocenters. The van der Waals surface area contributed by atoms with E-state index in [-0.39, 0.29) is 5.91 Å². The Labute approximate surface area is 194 Å². The Hall–Kier alpha value is -2.43. The summed E-state index contributed by atoms with van der Waals surface area (Å²) in [6.45, 7) is 4.32. The molecule has 178 valence electrons. The molecular weight excluding hydrogens is 400 g/mol. The first-order valence-corrected chi connectivity index (χ1v) is 12.3. The molecule has 0 aromatic carbocycles. The zero-order valence-electron chi connectivity index (χ0n) is 20.4. The van der Waals surface area contributed by atoms with Gasteiger partial charge in [0.15, 0.2) is 0 Å². The summed E-state index contributed by atoms with van der Waals surface area (Å²) < 4.78 is 4.95. The maximum Gasteiger partial charge on any atom is 0.339 e. The van der Waals surface area contributed by atoms with Crippen LogP contribution in [0, 0.1) is 0 Å². The van der Waals surface area contributed by atoms with Crippen molar-refractivity contribution in [2.45, 2.75) is 90.9 Å². The monoisotopic (exact) mass is 442 g/mol. The summed E-state index contributed by atoms with van der Waals surface area (Å²) in [4.78, 5) is 29.8. The van der Waals surface area contributed by atoms with Crippen LogP contribution in [-0.4, -0.2) is 30.5 Å². The quantitative estimate of drug-likeness (QED) is 0.147. The number of anilines is 1. The molecule has 0 aliphatic carbocycles. The number of amides is 1. The predicted molar refractivity (Wildman–Crippen MR) is 133 cm³/mol. The second-order valence-electron chi connectivity index (χ2n) is 8.06. The van der Waals surface area contributed by atoms with Gasteiger partial charge in [0.1, 0.15) is 5.82 Å². The zero-order chi connectivity index (χ0) is 23.4. The van der Waals surface area contributed by atoms with Crippen molar-refractivity contribution in [1.82, 2.24) is 4.98 Å². The Balaban J connectivity index is 2.09. The van der Waals surface area contributed by atoms with Crippen LogP contribution in [0.1, 0.15) is 101 Å². The van der Waals surface area contributed by atoms with E-state index in [1.54, 1.807) is 31.0 Å². The largest absolute Gasteiger partial charge is 0.462 e. The van der Waals surface area contributed by atoms with E-state index in [0.717, 1.165) is 32.1 Å². The molecule has 0 radical (unpaired) electrons. The first-order valence-electron chi connectivity index (χ1n) is 12.3. The Morgan fingerprint density at radius 1 is 0.906 bits per heavy atom. The highest BCUT2D eigenvalue weighted by Crippen LogP contribution is 2.14. The van der Waals surface area contributed by atoms with Crippen molar-refractivity contribution in [3.8, 4) is 0 Å². The summed E-state index contributed by atoms with van der Waals surface area (Å²) in [6, 6.07) is 3.32. The average Bonchev–Trinajstić information content (AvgIpc) is 2.81. The fourth-order valence-electron chi connectivity index (χ4n) is 3.30. The lowest BCUT2D eigenvalue weighted by atomic mass is 10.1. The highest BCUT2D eigenvalue weighted by molar-refractivity contribution is 5.93. The molecule has 5 nitrogen and oxygen atoms in total. The van der Waals surface area contributed by atoms with E-state index < -0.39 is 5.97 Å². The van der Waals surface area contributed by atoms with Gasteiger partial charge in [-0.1, -0.05) is 63.3 Å². The molecule has 1 heterocycles. The van der Waals surface area contributed by atoms with Crippen LogP contribution < -0.4 is 4.90 Å². The van der Waals surface area contributed by atoms with Crippen molar-refractivity contribution in [2.75, 3.05) is 18.6 Å². The van der Waals surface area contributed by atoms with Gasteiger partial charge < -0.3 is 4.74 Å². The molecule has 0 aliphatic rings. The van der Waals surface area contributed by atoms with Crippen molar-refractivity contribution in [3.05, 3.63) is 48.2 Å². The highest BCUT2D eigenvalue weighted by atomic mass is 16.5. The number of rotatable bonds is 17. The van der Waals surface area contributed by atoms with Gasteiger partial charge in [0, 0.05) is 19.7 Å². The summed E-state index contributed by atoms with van der Waals surface area (Å²) in [5.41, 5.74) is 0.394. The minimum Gasteiger partial charge on any atom is -0.462 e. The van der Waals surface area contributed by atoms with Crippen LogP contribution in [-0.2, 0) is 9.53 Å². The molecule has 0 fully saturated rings. The van der Waals surface area contributed by atoms with Crippen molar-refractivity contribution >= 4 is 17.7 Å². The van der Waals surface area contributed by atoms with Crippen LogP contribution >= 0.6 is 0 Å². The van der Waals surface area contributed by atoms with Crippen molar-refractivity contribution in [1.29, 1.82) is 0 Å². The molecule has 0 unspecified atom stereocenters. The van der Waals surface area contributed by atoms with Gasteiger partial charge in [-0.05, 0) is 57.6 Å². The number of ether oxygens (including phenoxy) is 1. The third-order valence-corrected chi connectivity index (χ3v) is 5.32. The molecule has 1 amide bonds. The van der Waals surface area contributed by atoms with Crippen molar-refractivity contribution in [3.63, 3.8) is 0 Å². The first kappa shape index (κ1) is 27.6. The average molecular weight is 443 g/mol. The van der Waals surface area contributed by atoms with Crippen LogP contribution in [0.4, 0.5) is 5.82 Å². The fourth-order valence-corrected chi connectivity index (χ4v) is 3.30. The number of hydrogen-bond donors (Lipinski definition) is 0. The maximum absolute atomic E-state index is 12.4. The van der Waals surface area contributed by atoms with Gasteiger partial charge in [0.2, 0.25) is 5.91 Å². The molecule has 0 saturated heterocycles. The molecule has 0 spiro atoms. The second-order valence-corrected chi connectivity index (χ2v) is 8.06. The van der Waals surface area contributed by atoms with E-state index in [4.69, 9.17) is 4.74 Å². The van der Waals surface area contributed by atoms with Gasteiger partial charge in [-0.3, -0.25) is 9.69 Å². The van der Waals surface area contributed by atoms with E-state index in [9.17, 15) is 9.59 Å². The van der Waals surface area contributed by atoms with E-state index in [1.807, 2.05) is 0 Å². The molecule has 0 bridgehead atoms. The summed E-state index contributed by atoms with van der Waals surface area (Å²) in [5, 5.41) is 0. The maximum atomic E-state index is 12.4. The van der Waals surface area contributed by atoms with Crippen molar-refractivity contribution < 1.29 is 14.3 Å². The Morgan fingerprint density at radius 2 is 1.56 bits per heavy atom. The molecule has 0 N–H and O–H groups in total. The number of nitrogens with zero attached hydrogens (tertiary/aromatic N) is 2. The van der Waals surface area contributed by atoms with E-state index in [2.05, 4.69) is 36.2 Å². The number of carbonyl (C=O) groups excluding carboxylic acids is 2. The third kappa shape index (κ3) is 12.4. The van der Waals surface area contributed by atoms with Gasteiger partial charge in [0.25, 0.3) is 0 Å². The van der Waals surface area contributed by atoms with Gasteiger partial charge in [-0.15, -0.1) is 0 Å². The smallest absolute Gasteiger partial charge is 0.339 e.